The molecule has 0 saturated carbocycles. The van der Waals surface area contributed by atoms with Gasteiger partial charge in [0, 0.05) is 25.4 Å². The molecule has 0 radical (unpaired) electrons. The fourth-order valence-corrected chi connectivity index (χ4v) is 2.78. The van der Waals surface area contributed by atoms with Crippen molar-refractivity contribution < 1.29 is 5.11 Å². The van der Waals surface area contributed by atoms with Crippen molar-refractivity contribution in [1.29, 1.82) is 0 Å². The van der Waals surface area contributed by atoms with Crippen molar-refractivity contribution in [3.8, 4) is 0 Å². The van der Waals surface area contributed by atoms with E-state index < -0.39 is 6.10 Å². The van der Waals surface area contributed by atoms with Crippen LogP contribution < -0.4 is 0 Å². The lowest BCUT2D eigenvalue weighted by Gasteiger charge is -2.13. The van der Waals surface area contributed by atoms with Gasteiger partial charge in [-0.2, -0.15) is 0 Å². The Labute approximate surface area is 138 Å². The van der Waals surface area contributed by atoms with Gasteiger partial charge in [-0.25, -0.2) is 0 Å². The third kappa shape index (κ3) is 3.96. The Morgan fingerprint density at radius 2 is 1.74 bits per heavy atom. The minimum atomic E-state index is -0.625. The Hall–Kier alpha value is -0.0600. The maximum Gasteiger partial charge on any atom is 0.0831 e. The van der Waals surface area contributed by atoms with Gasteiger partial charge in [0.25, 0.3) is 0 Å². The summed E-state index contributed by atoms with van der Waals surface area (Å²) in [6.45, 7) is 0. The van der Waals surface area contributed by atoms with Crippen LogP contribution in [0.25, 0.3) is 0 Å². The lowest BCUT2D eigenvalue weighted by atomic mass is 10.0. The molecule has 19 heavy (non-hydrogen) atoms. The van der Waals surface area contributed by atoms with Crippen LogP contribution in [0, 0.1) is 0 Å². The Balaban J connectivity index is 2.22. The van der Waals surface area contributed by atoms with E-state index in [2.05, 4.69) is 31.9 Å². The molecule has 2 aromatic carbocycles. The molecule has 0 heterocycles. The number of benzene rings is 2. The zero-order chi connectivity index (χ0) is 14.0. The van der Waals surface area contributed by atoms with Gasteiger partial charge in [0.2, 0.25) is 0 Å². The van der Waals surface area contributed by atoms with Gasteiger partial charge < -0.3 is 5.11 Å². The topological polar surface area (TPSA) is 20.2 Å². The van der Waals surface area contributed by atoms with E-state index in [4.69, 9.17) is 23.2 Å². The lowest BCUT2D eigenvalue weighted by molar-refractivity contribution is 0.178. The average molecular weight is 425 g/mol. The first-order valence-electron chi connectivity index (χ1n) is 5.54. The van der Waals surface area contributed by atoms with Crippen LogP contribution in [-0.2, 0) is 6.42 Å². The summed E-state index contributed by atoms with van der Waals surface area (Å²) in [5, 5.41) is 11.5. The Kier molecular flexibility index (Phi) is 5.32. The van der Waals surface area contributed by atoms with Crippen LogP contribution in [0.5, 0.6) is 0 Å². The van der Waals surface area contributed by atoms with E-state index in [0.29, 0.717) is 16.5 Å². The summed E-state index contributed by atoms with van der Waals surface area (Å²) in [5.74, 6) is 0. The number of hydrogen-bond donors (Lipinski definition) is 1. The summed E-state index contributed by atoms with van der Waals surface area (Å²) in [6.07, 6.45) is -0.201. The molecule has 2 aromatic rings. The smallest absolute Gasteiger partial charge is 0.0831 e. The maximum absolute atomic E-state index is 10.3. The molecule has 0 aliphatic heterocycles. The van der Waals surface area contributed by atoms with E-state index in [9.17, 15) is 5.11 Å². The molecule has 1 unspecified atom stereocenters. The van der Waals surface area contributed by atoms with E-state index in [-0.39, 0.29) is 0 Å². The van der Waals surface area contributed by atoms with Crippen molar-refractivity contribution >= 4 is 55.1 Å². The summed E-state index contributed by atoms with van der Waals surface area (Å²) in [6, 6.07) is 10.9. The Bertz CT molecular complexity index is 602. The molecule has 100 valence electrons. The van der Waals surface area contributed by atoms with E-state index >= 15 is 0 Å². The second kappa shape index (κ2) is 6.59. The standard InChI is InChI=1S/C14H10Br2Cl2O/c15-11-3-1-8(6-12(11)16)14(19)7-9-5-10(17)2-4-13(9)18/h1-6,14,19H,7H2. The molecule has 0 aromatic heterocycles. The summed E-state index contributed by atoms with van der Waals surface area (Å²) >= 11 is 18.9. The third-order valence-electron chi connectivity index (χ3n) is 2.75. The van der Waals surface area contributed by atoms with Crippen LogP contribution in [0.4, 0.5) is 0 Å². The highest BCUT2D eigenvalue weighted by atomic mass is 79.9. The van der Waals surface area contributed by atoms with Crippen LogP contribution in [0.3, 0.4) is 0 Å². The van der Waals surface area contributed by atoms with Gasteiger partial charge in [0.1, 0.15) is 0 Å². The van der Waals surface area contributed by atoms with Crippen LogP contribution >= 0.6 is 55.1 Å². The van der Waals surface area contributed by atoms with E-state index in [0.717, 1.165) is 20.1 Å². The fourth-order valence-electron chi connectivity index (χ4n) is 1.75. The normalized spacial score (nSPS) is 12.5. The van der Waals surface area contributed by atoms with Crippen molar-refractivity contribution in [1.82, 2.24) is 0 Å². The monoisotopic (exact) mass is 422 g/mol. The Morgan fingerprint density at radius 3 is 2.42 bits per heavy atom. The molecule has 1 nitrogen and oxygen atoms in total. The average Bonchev–Trinajstić information content (AvgIpc) is 2.37. The minimum absolute atomic E-state index is 0.424. The van der Waals surface area contributed by atoms with Gasteiger partial charge >= 0.3 is 0 Å². The number of halogens is 4. The van der Waals surface area contributed by atoms with E-state index in [1.807, 2.05) is 18.2 Å². The molecule has 0 saturated heterocycles. The van der Waals surface area contributed by atoms with Crippen LogP contribution in [0.15, 0.2) is 45.3 Å². The van der Waals surface area contributed by atoms with Gasteiger partial charge in [-0.1, -0.05) is 29.3 Å². The van der Waals surface area contributed by atoms with Crippen LogP contribution in [-0.4, -0.2) is 5.11 Å². The summed E-state index contributed by atoms with van der Waals surface area (Å²) in [4.78, 5) is 0. The molecule has 0 spiro atoms. The van der Waals surface area contributed by atoms with Crippen LogP contribution in [0.1, 0.15) is 17.2 Å². The molecule has 1 atom stereocenters. The van der Waals surface area contributed by atoms with Crippen molar-refractivity contribution in [3.05, 3.63) is 66.5 Å². The van der Waals surface area contributed by atoms with E-state index in [1.54, 1.807) is 18.2 Å². The highest BCUT2D eigenvalue weighted by molar-refractivity contribution is 9.13. The molecular weight excluding hydrogens is 415 g/mol. The molecule has 0 amide bonds. The van der Waals surface area contributed by atoms with Gasteiger partial charge in [0.05, 0.1) is 6.10 Å². The third-order valence-corrected chi connectivity index (χ3v) is 5.23. The Morgan fingerprint density at radius 1 is 1.00 bits per heavy atom. The van der Waals surface area contributed by atoms with Gasteiger partial charge in [-0.3, -0.25) is 0 Å². The molecule has 2 rings (SSSR count). The zero-order valence-corrected chi connectivity index (χ0v) is 14.4. The summed E-state index contributed by atoms with van der Waals surface area (Å²) in [7, 11) is 0. The van der Waals surface area contributed by atoms with Crippen molar-refractivity contribution in [2.75, 3.05) is 0 Å². The minimum Gasteiger partial charge on any atom is -0.388 e. The molecule has 0 fully saturated rings. The van der Waals surface area contributed by atoms with Crippen molar-refractivity contribution in [2.45, 2.75) is 12.5 Å². The molecule has 1 N–H and O–H groups in total. The molecular formula is C14H10Br2Cl2O. The first-order chi connectivity index (χ1) is 8.97. The first-order valence-corrected chi connectivity index (χ1v) is 7.88. The summed E-state index contributed by atoms with van der Waals surface area (Å²) in [5.41, 5.74) is 1.66. The van der Waals surface area contributed by atoms with E-state index in [1.165, 1.54) is 0 Å². The first kappa shape index (κ1) is 15.3. The number of aliphatic hydroxyl groups excluding tert-OH is 1. The molecule has 0 aliphatic carbocycles. The molecule has 5 heteroatoms. The largest absolute Gasteiger partial charge is 0.388 e. The fraction of sp³-hybridized carbons (Fsp3) is 0.143. The van der Waals surface area contributed by atoms with Crippen molar-refractivity contribution in [2.24, 2.45) is 0 Å². The quantitative estimate of drug-likeness (QED) is 0.660. The second-order valence-electron chi connectivity index (χ2n) is 4.13. The van der Waals surface area contributed by atoms with Gasteiger partial charge in [0.15, 0.2) is 0 Å². The highest BCUT2D eigenvalue weighted by Gasteiger charge is 2.12. The number of rotatable bonds is 3. The second-order valence-corrected chi connectivity index (χ2v) is 6.68. The highest BCUT2D eigenvalue weighted by Crippen LogP contribution is 2.30. The zero-order valence-electron chi connectivity index (χ0n) is 9.71. The van der Waals surface area contributed by atoms with Crippen molar-refractivity contribution in [3.63, 3.8) is 0 Å². The predicted molar refractivity (Wildman–Crippen MR) is 87.0 cm³/mol. The maximum atomic E-state index is 10.3. The SMILES string of the molecule is OC(Cc1cc(Cl)ccc1Cl)c1ccc(Br)c(Br)c1. The van der Waals surface area contributed by atoms with Gasteiger partial charge in [-0.05, 0) is 73.3 Å². The van der Waals surface area contributed by atoms with Gasteiger partial charge in [-0.15, -0.1) is 0 Å². The predicted octanol–water partition coefficient (Wildman–Crippen LogP) is 5.79. The van der Waals surface area contributed by atoms with Crippen LogP contribution in [0.2, 0.25) is 10.0 Å². The molecule has 0 aliphatic rings. The number of hydrogen-bond acceptors (Lipinski definition) is 1. The lowest BCUT2D eigenvalue weighted by Crippen LogP contribution is -2.02. The molecule has 0 bridgehead atoms. The number of aliphatic hydroxyl groups is 1. The summed E-state index contributed by atoms with van der Waals surface area (Å²) < 4.78 is 1.85.